The van der Waals surface area contributed by atoms with E-state index in [1.54, 1.807) is 20.3 Å². The number of para-hydroxylation sites is 1. The first kappa shape index (κ1) is 21.4. The summed E-state index contributed by atoms with van der Waals surface area (Å²) in [7, 11) is 1.73. The van der Waals surface area contributed by atoms with Crippen LogP contribution in [0.2, 0.25) is 0 Å². The van der Waals surface area contributed by atoms with Gasteiger partial charge >= 0.3 is 0 Å². The van der Waals surface area contributed by atoms with E-state index >= 15 is 0 Å². The maximum Gasteiger partial charge on any atom is 0.219 e. The van der Waals surface area contributed by atoms with Gasteiger partial charge in [0.15, 0.2) is 0 Å². The molecule has 0 radical (unpaired) electrons. The fourth-order valence-corrected chi connectivity index (χ4v) is 4.36. The Morgan fingerprint density at radius 3 is 2.72 bits per heavy atom. The van der Waals surface area contributed by atoms with Gasteiger partial charge in [-0.05, 0) is 43.4 Å². The van der Waals surface area contributed by atoms with Crippen molar-refractivity contribution in [3.05, 3.63) is 54.0 Å². The highest BCUT2D eigenvalue weighted by Crippen LogP contribution is 2.45. The fraction of sp³-hybridized carbons (Fsp3) is 0.542. The lowest BCUT2D eigenvalue weighted by Crippen LogP contribution is -2.43. The van der Waals surface area contributed by atoms with Crippen LogP contribution in [0.4, 0.5) is 0 Å². The monoisotopic (exact) mass is 399 g/mol. The first-order chi connectivity index (χ1) is 13.9. The molecule has 2 atom stereocenters. The summed E-state index contributed by atoms with van der Waals surface area (Å²) >= 11 is 0. The van der Waals surface area contributed by atoms with Gasteiger partial charge in [-0.2, -0.15) is 0 Å². The SMILES string of the molecule is COc1ccccc1[C@]1(CCN(Cc2ccco2)C(C)=O)CCO[C@H](C(C)C)C1. The van der Waals surface area contributed by atoms with Crippen LogP contribution in [-0.4, -0.2) is 37.2 Å². The number of furan rings is 1. The number of rotatable bonds is 8. The third-order valence-corrected chi connectivity index (χ3v) is 6.16. The average molecular weight is 400 g/mol. The minimum absolute atomic E-state index is 0.0593. The molecule has 1 aliphatic rings. The van der Waals surface area contributed by atoms with Gasteiger partial charge in [0, 0.05) is 31.1 Å². The highest BCUT2D eigenvalue weighted by Gasteiger charge is 2.41. The van der Waals surface area contributed by atoms with Gasteiger partial charge in [0.05, 0.1) is 26.0 Å². The number of methoxy groups -OCH3 is 1. The molecule has 0 bridgehead atoms. The number of carbonyl (C=O) groups excluding carboxylic acids is 1. The third kappa shape index (κ3) is 5.02. The van der Waals surface area contributed by atoms with Gasteiger partial charge in [0.2, 0.25) is 5.91 Å². The molecule has 0 aliphatic carbocycles. The van der Waals surface area contributed by atoms with Crippen LogP contribution in [0.25, 0.3) is 0 Å². The van der Waals surface area contributed by atoms with E-state index in [9.17, 15) is 4.79 Å². The van der Waals surface area contributed by atoms with Crippen LogP contribution < -0.4 is 4.74 Å². The van der Waals surface area contributed by atoms with Gasteiger partial charge in [-0.1, -0.05) is 32.0 Å². The van der Waals surface area contributed by atoms with Crippen LogP contribution in [-0.2, 0) is 21.5 Å². The van der Waals surface area contributed by atoms with E-state index in [1.807, 2.05) is 29.2 Å². The number of hydrogen-bond acceptors (Lipinski definition) is 4. The molecule has 5 heteroatoms. The first-order valence-corrected chi connectivity index (χ1v) is 10.5. The second-order valence-corrected chi connectivity index (χ2v) is 8.36. The molecule has 0 unspecified atom stereocenters. The quantitative estimate of drug-likeness (QED) is 0.640. The molecular weight excluding hydrogens is 366 g/mol. The largest absolute Gasteiger partial charge is 0.496 e. The Bertz CT molecular complexity index is 786. The molecule has 2 heterocycles. The van der Waals surface area contributed by atoms with Gasteiger partial charge in [0.1, 0.15) is 11.5 Å². The molecule has 29 heavy (non-hydrogen) atoms. The molecule has 1 aliphatic heterocycles. The molecule has 2 aromatic rings. The maximum absolute atomic E-state index is 12.3. The number of benzene rings is 1. The molecule has 1 fully saturated rings. The molecule has 0 saturated carbocycles. The van der Waals surface area contributed by atoms with Gasteiger partial charge in [-0.25, -0.2) is 0 Å². The third-order valence-electron chi connectivity index (χ3n) is 6.16. The molecule has 1 saturated heterocycles. The highest BCUT2D eigenvalue weighted by molar-refractivity contribution is 5.73. The van der Waals surface area contributed by atoms with Gasteiger partial charge in [-0.3, -0.25) is 4.79 Å². The molecule has 1 aromatic carbocycles. The van der Waals surface area contributed by atoms with Crippen molar-refractivity contribution in [2.24, 2.45) is 5.92 Å². The van der Waals surface area contributed by atoms with Crippen LogP contribution >= 0.6 is 0 Å². The maximum atomic E-state index is 12.3. The normalized spacial score (nSPS) is 21.9. The van der Waals surface area contributed by atoms with Crippen molar-refractivity contribution >= 4 is 5.91 Å². The molecule has 1 aromatic heterocycles. The van der Waals surface area contributed by atoms with Crippen molar-refractivity contribution < 1.29 is 18.7 Å². The van der Waals surface area contributed by atoms with Crippen molar-refractivity contribution in [3.63, 3.8) is 0 Å². The Morgan fingerprint density at radius 2 is 2.07 bits per heavy atom. The van der Waals surface area contributed by atoms with E-state index < -0.39 is 0 Å². The summed E-state index contributed by atoms with van der Waals surface area (Å²) in [5.74, 6) is 2.22. The van der Waals surface area contributed by atoms with E-state index in [0.717, 1.165) is 37.4 Å². The van der Waals surface area contributed by atoms with Crippen LogP contribution in [0, 0.1) is 5.92 Å². The molecule has 0 spiro atoms. The molecule has 3 rings (SSSR count). The number of ether oxygens (including phenoxy) is 2. The van der Waals surface area contributed by atoms with E-state index in [4.69, 9.17) is 13.9 Å². The zero-order valence-electron chi connectivity index (χ0n) is 18.0. The highest BCUT2D eigenvalue weighted by atomic mass is 16.5. The Kier molecular flexibility index (Phi) is 7.01. The lowest BCUT2D eigenvalue weighted by molar-refractivity contribution is -0.130. The van der Waals surface area contributed by atoms with Gasteiger partial charge < -0.3 is 18.8 Å². The van der Waals surface area contributed by atoms with E-state index in [1.165, 1.54) is 5.56 Å². The lowest BCUT2D eigenvalue weighted by Gasteiger charge is -2.44. The summed E-state index contributed by atoms with van der Waals surface area (Å²) in [6, 6.07) is 12.1. The summed E-state index contributed by atoms with van der Waals surface area (Å²) in [5.41, 5.74) is 1.13. The minimum atomic E-state index is -0.0867. The molecule has 1 amide bonds. The Morgan fingerprint density at radius 1 is 1.28 bits per heavy atom. The fourth-order valence-electron chi connectivity index (χ4n) is 4.36. The summed E-state index contributed by atoms with van der Waals surface area (Å²) in [6.45, 7) is 7.93. The number of amides is 1. The first-order valence-electron chi connectivity index (χ1n) is 10.5. The van der Waals surface area contributed by atoms with Crippen LogP contribution in [0.15, 0.2) is 47.1 Å². The van der Waals surface area contributed by atoms with Crippen molar-refractivity contribution in [2.45, 2.75) is 58.1 Å². The van der Waals surface area contributed by atoms with Crippen LogP contribution in [0.3, 0.4) is 0 Å². The van der Waals surface area contributed by atoms with Crippen LogP contribution in [0.1, 0.15) is 51.4 Å². The van der Waals surface area contributed by atoms with Crippen molar-refractivity contribution in [3.8, 4) is 5.75 Å². The smallest absolute Gasteiger partial charge is 0.219 e. The second kappa shape index (κ2) is 9.49. The van der Waals surface area contributed by atoms with E-state index in [0.29, 0.717) is 19.0 Å². The van der Waals surface area contributed by atoms with Gasteiger partial charge in [-0.15, -0.1) is 0 Å². The summed E-state index contributed by atoms with van der Waals surface area (Å²) in [5, 5.41) is 0. The van der Waals surface area contributed by atoms with E-state index in [2.05, 4.69) is 26.0 Å². The molecule has 0 N–H and O–H groups in total. The predicted molar refractivity (Wildman–Crippen MR) is 113 cm³/mol. The number of hydrogen-bond donors (Lipinski definition) is 0. The topological polar surface area (TPSA) is 51.9 Å². The van der Waals surface area contributed by atoms with Crippen molar-refractivity contribution in [2.75, 3.05) is 20.3 Å². The molecule has 158 valence electrons. The second-order valence-electron chi connectivity index (χ2n) is 8.36. The number of carbonyl (C=O) groups is 1. The van der Waals surface area contributed by atoms with Gasteiger partial charge in [0.25, 0.3) is 0 Å². The Labute approximate surface area is 174 Å². The summed E-state index contributed by atoms with van der Waals surface area (Å²) in [4.78, 5) is 14.2. The lowest BCUT2D eigenvalue weighted by atomic mass is 9.68. The number of nitrogens with zero attached hydrogens (tertiary/aromatic N) is 1. The molecular formula is C24H33NO4. The zero-order valence-corrected chi connectivity index (χ0v) is 18.0. The standard InChI is InChI=1S/C24H33NO4/c1-18(2)23-16-24(12-15-29-23,21-9-5-6-10-22(21)27-4)11-13-25(19(3)26)17-20-8-7-14-28-20/h5-10,14,18,23H,11-13,15-17H2,1-4H3/t23-,24+/m0/s1. The minimum Gasteiger partial charge on any atom is -0.496 e. The summed E-state index contributed by atoms with van der Waals surface area (Å²) in [6.07, 6.45) is 4.56. The average Bonchev–Trinajstić information content (AvgIpc) is 3.24. The van der Waals surface area contributed by atoms with Crippen molar-refractivity contribution in [1.82, 2.24) is 4.90 Å². The predicted octanol–water partition coefficient (Wildman–Crippen LogP) is 4.80. The van der Waals surface area contributed by atoms with E-state index in [-0.39, 0.29) is 17.4 Å². The van der Waals surface area contributed by atoms with Crippen LogP contribution in [0.5, 0.6) is 5.75 Å². The Balaban J connectivity index is 1.87. The van der Waals surface area contributed by atoms with Crippen molar-refractivity contribution in [1.29, 1.82) is 0 Å². The Hall–Kier alpha value is -2.27. The summed E-state index contributed by atoms with van der Waals surface area (Å²) < 4.78 is 17.3. The zero-order chi connectivity index (χ0) is 20.9. The molecule has 5 nitrogen and oxygen atoms in total.